The van der Waals surface area contributed by atoms with Gasteiger partial charge in [0.05, 0.1) is 17.1 Å². The van der Waals surface area contributed by atoms with Crippen LogP contribution in [0.25, 0.3) is 22.4 Å². The SMILES string of the molecule is Cc1ccc2nc(-c3cccc(NC(=O)CC#N)c3)[nH]c2c1. The molecule has 1 amide bonds. The molecule has 0 atom stereocenters. The highest BCUT2D eigenvalue weighted by Crippen LogP contribution is 2.23. The fraction of sp³-hybridized carbons (Fsp3) is 0.118. The first-order valence-electron chi connectivity index (χ1n) is 6.89. The third-order valence-corrected chi connectivity index (χ3v) is 3.30. The van der Waals surface area contributed by atoms with E-state index in [4.69, 9.17) is 5.26 Å². The number of nitrogens with zero attached hydrogens (tertiary/aromatic N) is 2. The van der Waals surface area contributed by atoms with E-state index in [9.17, 15) is 4.79 Å². The summed E-state index contributed by atoms with van der Waals surface area (Å²) in [6.45, 7) is 2.03. The number of benzene rings is 2. The van der Waals surface area contributed by atoms with Crippen molar-refractivity contribution in [2.75, 3.05) is 5.32 Å². The molecule has 1 heterocycles. The molecule has 0 radical (unpaired) electrons. The van der Waals surface area contributed by atoms with Gasteiger partial charge in [-0.1, -0.05) is 18.2 Å². The van der Waals surface area contributed by atoms with Crippen molar-refractivity contribution in [3.05, 3.63) is 48.0 Å². The second-order valence-electron chi connectivity index (χ2n) is 5.07. The van der Waals surface area contributed by atoms with Crippen LogP contribution in [0.15, 0.2) is 42.5 Å². The molecule has 2 N–H and O–H groups in total. The standard InChI is InChI=1S/C17H14N4O/c1-11-5-6-14-15(9-11)21-17(20-14)12-3-2-4-13(10-12)19-16(22)7-8-18/h2-6,9-10H,7H2,1H3,(H,19,22)(H,20,21). The number of carbonyl (C=O) groups excluding carboxylic acids is 1. The molecule has 22 heavy (non-hydrogen) atoms. The number of anilines is 1. The second-order valence-corrected chi connectivity index (χ2v) is 5.07. The van der Waals surface area contributed by atoms with Crippen LogP contribution in [0, 0.1) is 18.3 Å². The number of aromatic amines is 1. The normalized spacial score (nSPS) is 10.4. The van der Waals surface area contributed by atoms with Gasteiger partial charge in [-0.15, -0.1) is 0 Å². The maximum absolute atomic E-state index is 11.5. The first-order valence-corrected chi connectivity index (χ1v) is 6.89. The topological polar surface area (TPSA) is 81.6 Å². The number of hydrogen-bond acceptors (Lipinski definition) is 3. The minimum Gasteiger partial charge on any atom is -0.338 e. The molecule has 3 aromatic rings. The third kappa shape index (κ3) is 2.81. The van der Waals surface area contributed by atoms with Gasteiger partial charge in [-0.3, -0.25) is 4.79 Å². The number of fused-ring (bicyclic) bond motifs is 1. The Morgan fingerprint density at radius 1 is 1.32 bits per heavy atom. The van der Waals surface area contributed by atoms with Crippen LogP contribution < -0.4 is 5.32 Å². The van der Waals surface area contributed by atoms with Gasteiger partial charge in [0, 0.05) is 11.3 Å². The van der Waals surface area contributed by atoms with Gasteiger partial charge in [-0.2, -0.15) is 5.26 Å². The van der Waals surface area contributed by atoms with Crippen LogP contribution in [-0.4, -0.2) is 15.9 Å². The molecule has 0 unspecified atom stereocenters. The number of imidazole rings is 1. The van der Waals surface area contributed by atoms with Crippen molar-refractivity contribution in [2.45, 2.75) is 13.3 Å². The predicted molar refractivity (Wildman–Crippen MR) is 85.1 cm³/mol. The van der Waals surface area contributed by atoms with Crippen molar-refractivity contribution in [1.82, 2.24) is 9.97 Å². The summed E-state index contributed by atoms with van der Waals surface area (Å²) >= 11 is 0. The van der Waals surface area contributed by atoms with Crippen LogP contribution in [0.2, 0.25) is 0 Å². The van der Waals surface area contributed by atoms with Crippen molar-refractivity contribution in [2.24, 2.45) is 0 Å². The molecule has 0 fully saturated rings. The molecule has 1 aromatic heterocycles. The molecule has 0 saturated heterocycles. The average molecular weight is 290 g/mol. The molecule has 3 rings (SSSR count). The number of nitriles is 1. The molecule has 0 aliphatic rings. The van der Waals surface area contributed by atoms with E-state index in [2.05, 4.69) is 15.3 Å². The Labute approximate surface area is 127 Å². The van der Waals surface area contributed by atoms with E-state index in [1.807, 2.05) is 49.4 Å². The van der Waals surface area contributed by atoms with E-state index in [1.165, 1.54) is 5.56 Å². The van der Waals surface area contributed by atoms with E-state index in [0.29, 0.717) is 5.69 Å². The Balaban J connectivity index is 1.93. The highest BCUT2D eigenvalue weighted by Gasteiger charge is 2.07. The van der Waals surface area contributed by atoms with Crippen molar-refractivity contribution < 1.29 is 4.79 Å². The molecule has 0 saturated carbocycles. The average Bonchev–Trinajstić information content (AvgIpc) is 2.90. The molecular weight excluding hydrogens is 276 g/mol. The van der Waals surface area contributed by atoms with Gasteiger partial charge in [0.25, 0.3) is 0 Å². The largest absolute Gasteiger partial charge is 0.338 e. The zero-order valence-corrected chi connectivity index (χ0v) is 12.1. The van der Waals surface area contributed by atoms with E-state index < -0.39 is 0 Å². The fourth-order valence-electron chi connectivity index (χ4n) is 2.28. The number of rotatable bonds is 3. The predicted octanol–water partition coefficient (Wildman–Crippen LogP) is 3.39. The molecule has 0 spiro atoms. The van der Waals surface area contributed by atoms with Gasteiger partial charge in [-0.05, 0) is 36.8 Å². The summed E-state index contributed by atoms with van der Waals surface area (Å²) in [5.74, 6) is 0.428. The lowest BCUT2D eigenvalue weighted by Gasteiger charge is -2.04. The number of carbonyl (C=O) groups is 1. The van der Waals surface area contributed by atoms with Crippen molar-refractivity contribution in [1.29, 1.82) is 5.26 Å². The molecule has 2 aromatic carbocycles. The maximum Gasteiger partial charge on any atom is 0.238 e. The third-order valence-electron chi connectivity index (χ3n) is 3.30. The first kappa shape index (κ1) is 13.8. The van der Waals surface area contributed by atoms with Crippen molar-refractivity contribution in [3.8, 4) is 17.5 Å². The molecule has 5 heteroatoms. The smallest absolute Gasteiger partial charge is 0.238 e. The number of H-pyrrole nitrogens is 1. The van der Waals surface area contributed by atoms with Crippen LogP contribution >= 0.6 is 0 Å². The lowest BCUT2D eigenvalue weighted by molar-refractivity contribution is -0.115. The summed E-state index contributed by atoms with van der Waals surface area (Å²) in [5.41, 5.74) is 4.58. The fourth-order valence-corrected chi connectivity index (χ4v) is 2.28. The van der Waals surface area contributed by atoms with Gasteiger partial charge >= 0.3 is 0 Å². The van der Waals surface area contributed by atoms with Crippen molar-refractivity contribution in [3.63, 3.8) is 0 Å². The zero-order valence-electron chi connectivity index (χ0n) is 12.1. The summed E-state index contributed by atoms with van der Waals surface area (Å²) in [7, 11) is 0. The molecule has 0 aliphatic heterocycles. The summed E-state index contributed by atoms with van der Waals surface area (Å²) in [5, 5.41) is 11.2. The molecule has 108 valence electrons. The number of aryl methyl sites for hydroxylation is 1. The summed E-state index contributed by atoms with van der Waals surface area (Å²) in [6, 6.07) is 15.2. The Morgan fingerprint density at radius 3 is 3.00 bits per heavy atom. The molecule has 0 aliphatic carbocycles. The number of amides is 1. The van der Waals surface area contributed by atoms with Crippen LogP contribution in [-0.2, 0) is 4.79 Å². The highest BCUT2D eigenvalue weighted by molar-refractivity contribution is 5.92. The van der Waals surface area contributed by atoms with E-state index in [0.717, 1.165) is 22.4 Å². The molecular formula is C17H14N4O. The first-order chi connectivity index (χ1) is 10.7. The van der Waals surface area contributed by atoms with Gasteiger partial charge in [0.15, 0.2) is 0 Å². The van der Waals surface area contributed by atoms with E-state index >= 15 is 0 Å². The zero-order chi connectivity index (χ0) is 15.5. The minimum absolute atomic E-state index is 0.159. The highest BCUT2D eigenvalue weighted by atomic mass is 16.1. The summed E-state index contributed by atoms with van der Waals surface area (Å²) < 4.78 is 0. The monoisotopic (exact) mass is 290 g/mol. The molecule has 0 bridgehead atoms. The van der Waals surface area contributed by atoms with E-state index in [1.54, 1.807) is 6.07 Å². The Bertz CT molecular complexity index is 889. The lowest BCUT2D eigenvalue weighted by Crippen LogP contribution is -2.09. The molecule has 5 nitrogen and oxygen atoms in total. The van der Waals surface area contributed by atoms with Gasteiger partial charge in [0.2, 0.25) is 5.91 Å². The number of aromatic nitrogens is 2. The van der Waals surface area contributed by atoms with Crippen LogP contribution in [0.3, 0.4) is 0 Å². The summed E-state index contributed by atoms with van der Waals surface area (Å²) in [6.07, 6.45) is -0.159. The minimum atomic E-state index is -0.320. The number of nitrogens with one attached hydrogen (secondary N) is 2. The lowest BCUT2D eigenvalue weighted by atomic mass is 10.2. The van der Waals surface area contributed by atoms with E-state index in [-0.39, 0.29) is 12.3 Å². The Morgan fingerprint density at radius 2 is 2.18 bits per heavy atom. The van der Waals surface area contributed by atoms with Crippen LogP contribution in [0.4, 0.5) is 5.69 Å². The quantitative estimate of drug-likeness (QED) is 0.775. The van der Waals surface area contributed by atoms with Gasteiger partial charge in [0.1, 0.15) is 12.2 Å². The van der Waals surface area contributed by atoms with Crippen LogP contribution in [0.1, 0.15) is 12.0 Å². The Kier molecular flexibility index (Phi) is 3.58. The van der Waals surface area contributed by atoms with Gasteiger partial charge < -0.3 is 10.3 Å². The van der Waals surface area contributed by atoms with Crippen molar-refractivity contribution >= 4 is 22.6 Å². The second kappa shape index (κ2) is 5.70. The maximum atomic E-state index is 11.5. The van der Waals surface area contributed by atoms with Crippen LogP contribution in [0.5, 0.6) is 0 Å². The number of hydrogen-bond donors (Lipinski definition) is 2. The summed E-state index contributed by atoms with van der Waals surface area (Å²) in [4.78, 5) is 19.3. The van der Waals surface area contributed by atoms with Gasteiger partial charge in [-0.25, -0.2) is 4.98 Å². The Hall–Kier alpha value is -3.13.